The van der Waals surface area contributed by atoms with Gasteiger partial charge in [-0.1, -0.05) is 6.92 Å². The molecule has 1 heterocycles. The van der Waals surface area contributed by atoms with Gasteiger partial charge in [0.1, 0.15) is 0 Å². The summed E-state index contributed by atoms with van der Waals surface area (Å²) in [5.41, 5.74) is 8.19. The summed E-state index contributed by atoms with van der Waals surface area (Å²) in [7, 11) is 0. The molecule has 0 aromatic heterocycles. The molecule has 1 aliphatic heterocycles. The van der Waals surface area contributed by atoms with E-state index in [1.165, 1.54) is 0 Å². The van der Waals surface area contributed by atoms with Crippen LogP contribution in [0.3, 0.4) is 0 Å². The van der Waals surface area contributed by atoms with Crippen LogP contribution in [0.1, 0.15) is 18.9 Å². The summed E-state index contributed by atoms with van der Waals surface area (Å²) in [6, 6.07) is 5.31. The third-order valence-electron chi connectivity index (χ3n) is 3.70. The zero-order valence-electron chi connectivity index (χ0n) is 10.8. The average Bonchev–Trinajstić information content (AvgIpc) is 2.32. The number of nitro benzene ring substituents is 1. The highest BCUT2D eigenvalue weighted by Gasteiger charge is 2.24. The molecule has 1 fully saturated rings. The number of piperidine rings is 1. The Morgan fingerprint density at radius 2 is 2.22 bits per heavy atom. The molecule has 0 amide bonds. The number of hydrogen-bond donors (Lipinski definition) is 1. The quantitative estimate of drug-likeness (QED) is 0.643. The van der Waals surface area contributed by atoms with Crippen LogP contribution in [-0.2, 0) is 0 Å². The standard InChI is InChI=1S/C13H19N3O2/c1-9-7-11(16(17)18)3-4-13(9)15-6-5-12(14)10(2)8-15/h3-4,7,10,12H,5-6,8,14H2,1-2H3. The lowest BCUT2D eigenvalue weighted by Gasteiger charge is -2.37. The third kappa shape index (κ3) is 2.46. The van der Waals surface area contributed by atoms with Crippen molar-refractivity contribution in [2.45, 2.75) is 26.3 Å². The molecule has 18 heavy (non-hydrogen) atoms. The van der Waals surface area contributed by atoms with E-state index in [-0.39, 0.29) is 16.7 Å². The van der Waals surface area contributed by atoms with Crippen LogP contribution >= 0.6 is 0 Å². The molecule has 98 valence electrons. The zero-order chi connectivity index (χ0) is 13.3. The molecule has 1 saturated heterocycles. The minimum atomic E-state index is -0.356. The summed E-state index contributed by atoms with van der Waals surface area (Å²) >= 11 is 0. The summed E-state index contributed by atoms with van der Waals surface area (Å²) in [6.45, 7) is 5.91. The van der Waals surface area contributed by atoms with Gasteiger partial charge in [0.15, 0.2) is 0 Å². The van der Waals surface area contributed by atoms with Crippen LogP contribution in [0.15, 0.2) is 18.2 Å². The Hall–Kier alpha value is -1.62. The number of hydrogen-bond acceptors (Lipinski definition) is 4. The molecule has 2 rings (SSSR count). The molecule has 0 saturated carbocycles. The highest BCUT2D eigenvalue weighted by Crippen LogP contribution is 2.28. The fourth-order valence-electron chi connectivity index (χ4n) is 2.49. The van der Waals surface area contributed by atoms with Crippen LogP contribution in [0.4, 0.5) is 11.4 Å². The highest BCUT2D eigenvalue weighted by atomic mass is 16.6. The van der Waals surface area contributed by atoms with E-state index in [1.807, 2.05) is 13.0 Å². The van der Waals surface area contributed by atoms with Crippen molar-refractivity contribution in [1.29, 1.82) is 0 Å². The van der Waals surface area contributed by atoms with Gasteiger partial charge in [0.25, 0.3) is 5.69 Å². The molecule has 2 unspecified atom stereocenters. The van der Waals surface area contributed by atoms with Gasteiger partial charge in [-0.25, -0.2) is 0 Å². The highest BCUT2D eigenvalue weighted by molar-refractivity contribution is 5.57. The average molecular weight is 249 g/mol. The number of non-ortho nitro benzene ring substituents is 1. The maximum atomic E-state index is 10.7. The Balaban J connectivity index is 2.21. The van der Waals surface area contributed by atoms with Gasteiger partial charge in [-0.05, 0) is 30.9 Å². The molecule has 0 spiro atoms. The summed E-state index contributed by atoms with van der Waals surface area (Å²) < 4.78 is 0. The van der Waals surface area contributed by atoms with Crippen molar-refractivity contribution in [3.05, 3.63) is 33.9 Å². The number of nitro groups is 1. The van der Waals surface area contributed by atoms with Crippen molar-refractivity contribution in [1.82, 2.24) is 0 Å². The van der Waals surface area contributed by atoms with Crippen molar-refractivity contribution >= 4 is 11.4 Å². The second kappa shape index (κ2) is 4.94. The van der Waals surface area contributed by atoms with Crippen molar-refractivity contribution in [2.24, 2.45) is 11.7 Å². The van der Waals surface area contributed by atoms with Crippen LogP contribution in [0.25, 0.3) is 0 Å². The van der Waals surface area contributed by atoms with Gasteiger partial charge < -0.3 is 10.6 Å². The topological polar surface area (TPSA) is 72.4 Å². The lowest BCUT2D eigenvalue weighted by atomic mass is 9.94. The lowest BCUT2D eigenvalue weighted by molar-refractivity contribution is -0.384. The van der Waals surface area contributed by atoms with Crippen LogP contribution in [0.5, 0.6) is 0 Å². The van der Waals surface area contributed by atoms with Crippen LogP contribution < -0.4 is 10.6 Å². The number of anilines is 1. The minimum absolute atomic E-state index is 0.151. The molecule has 2 atom stereocenters. The Bertz CT molecular complexity index is 462. The fourth-order valence-corrected chi connectivity index (χ4v) is 2.49. The minimum Gasteiger partial charge on any atom is -0.371 e. The van der Waals surface area contributed by atoms with Gasteiger partial charge in [0.2, 0.25) is 0 Å². The molecule has 1 aromatic rings. The maximum Gasteiger partial charge on any atom is 0.269 e. The van der Waals surface area contributed by atoms with Gasteiger partial charge in [-0.2, -0.15) is 0 Å². The fraction of sp³-hybridized carbons (Fsp3) is 0.538. The molecular formula is C13H19N3O2. The first-order chi connectivity index (χ1) is 8.49. The van der Waals surface area contributed by atoms with Crippen LogP contribution in [0, 0.1) is 23.0 Å². The third-order valence-corrected chi connectivity index (χ3v) is 3.70. The molecule has 0 radical (unpaired) electrons. The van der Waals surface area contributed by atoms with Gasteiger partial charge >= 0.3 is 0 Å². The lowest BCUT2D eigenvalue weighted by Crippen LogP contribution is -2.46. The Labute approximate surface area is 107 Å². The predicted molar refractivity (Wildman–Crippen MR) is 71.8 cm³/mol. The molecule has 5 heteroatoms. The van der Waals surface area contributed by atoms with Crippen LogP contribution in [0.2, 0.25) is 0 Å². The maximum absolute atomic E-state index is 10.7. The molecule has 1 aliphatic rings. The van der Waals surface area contributed by atoms with Crippen molar-refractivity contribution in [3.8, 4) is 0 Å². The van der Waals surface area contributed by atoms with E-state index in [2.05, 4.69) is 11.8 Å². The van der Waals surface area contributed by atoms with Gasteiger partial charge in [0.05, 0.1) is 4.92 Å². The summed E-state index contributed by atoms with van der Waals surface area (Å²) in [5, 5.41) is 10.7. The second-order valence-electron chi connectivity index (χ2n) is 5.10. The Morgan fingerprint density at radius 1 is 1.50 bits per heavy atom. The molecule has 1 aromatic carbocycles. The van der Waals surface area contributed by atoms with E-state index in [1.54, 1.807) is 12.1 Å². The normalized spacial score (nSPS) is 24.1. The van der Waals surface area contributed by atoms with E-state index >= 15 is 0 Å². The van der Waals surface area contributed by atoms with Crippen molar-refractivity contribution in [3.63, 3.8) is 0 Å². The van der Waals surface area contributed by atoms with Crippen LogP contribution in [-0.4, -0.2) is 24.1 Å². The van der Waals surface area contributed by atoms with E-state index in [4.69, 9.17) is 5.73 Å². The Morgan fingerprint density at radius 3 is 2.78 bits per heavy atom. The number of rotatable bonds is 2. The van der Waals surface area contributed by atoms with Crippen molar-refractivity contribution < 1.29 is 4.92 Å². The zero-order valence-corrected chi connectivity index (χ0v) is 10.8. The number of nitrogens with zero attached hydrogens (tertiary/aromatic N) is 2. The first-order valence-electron chi connectivity index (χ1n) is 6.24. The number of aryl methyl sites for hydroxylation is 1. The molecular weight excluding hydrogens is 230 g/mol. The Kier molecular flexibility index (Phi) is 3.52. The number of nitrogens with two attached hydrogens (primary N) is 1. The predicted octanol–water partition coefficient (Wildman–Crippen LogP) is 2.08. The summed E-state index contributed by atoms with van der Waals surface area (Å²) in [6.07, 6.45) is 0.970. The molecule has 0 aliphatic carbocycles. The summed E-state index contributed by atoms with van der Waals surface area (Å²) in [4.78, 5) is 12.6. The summed E-state index contributed by atoms with van der Waals surface area (Å²) in [5.74, 6) is 0.452. The van der Waals surface area contributed by atoms with Gasteiger partial charge in [-0.3, -0.25) is 10.1 Å². The van der Waals surface area contributed by atoms with E-state index in [0.717, 1.165) is 30.8 Å². The van der Waals surface area contributed by atoms with Crippen molar-refractivity contribution in [2.75, 3.05) is 18.0 Å². The number of benzene rings is 1. The first kappa shape index (κ1) is 12.8. The van der Waals surface area contributed by atoms with E-state index in [9.17, 15) is 10.1 Å². The monoisotopic (exact) mass is 249 g/mol. The van der Waals surface area contributed by atoms with E-state index in [0.29, 0.717) is 5.92 Å². The molecule has 5 nitrogen and oxygen atoms in total. The van der Waals surface area contributed by atoms with Gasteiger partial charge in [-0.15, -0.1) is 0 Å². The molecule has 0 bridgehead atoms. The first-order valence-corrected chi connectivity index (χ1v) is 6.24. The largest absolute Gasteiger partial charge is 0.371 e. The SMILES string of the molecule is Cc1cc([N+](=O)[O-])ccc1N1CCC(N)C(C)C1. The van der Waals surface area contributed by atoms with E-state index < -0.39 is 0 Å². The van der Waals surface area contributed by atoms with Gasteiger partial charge in [0, 0.05) is 37.0 Å². The molecule has 2 N–H and O–H groups in total. The smallest absolute Gasteiger partial charge is 0.269 e. The second-order valence-corrected chi connectivity index (χ2v) is 5.10.